The second-order valence-electron chi connectivity index (χ2n) is 5.83. The number of rotatable bonds is 7. The minimum atomic E-state index is -0.384. The molecule has 0 aromatic heterocycles. The van der Waals surface area contributed by atoms with Crippen LogP contribution in [-0.4, -0.2) is 17.6 Å². The molecule has 0 aliphatic rings. The van der Waals surface area contributed by atoms with Crippen molar-refractivity contribution in [2.45, 2.75) is 12.6 Å². The molecule has 0 saturated heterocycles. The molecule has 0 N–H and O–H groups in total. The second kappa shape index (κ2) is 8.81. The Hall–Kier alpha value is -2.91. The molecule has 3 rings (SSSR count). The predicted octanol–water partition coefficient (Wildman–Crippen LogP) is 4.57. The summed E-state index contributed by atoms with van der Waals surface area (Å²) < 4.78 is 6.82. The second-order valence-corrected chi connectivity index (χ2v) is 5.83. The smallest absolute Gasteiger partial charge is 0.211 e. The Morgan fingerprint density at radius 2 is 1.36 bits per heavy atom. The maximum Gasteiger partial charge on any atom is 0.211 e. The molecule has 0 radical (unpaired) electrons. The summed E-state index contributed by atoms with van der Waals surface area (Å²) in [6, 6.07) is 28.9. The summed E-state index contributed by atoms with van der Waals surface area (Å²) in [5.74, 6) is 0. The first-order chi connectivity index (χ1) is 12.3. The molecule has 1 atom stereocenters. The first-order valence-corrected chi connectivity index (χ1v) is 8.35. The van der Waals surface area contributed by atoms with Gasteiger partial charge in [-0.15, -0.1) is 0 Å². The molecule has 25 heavy (non-hydrogen) atoms. The number of ether oxygens (including phenoxy) is 1. The topological polar surface area (TPSA) is 35.3 Å². The van der Waals surface area contributed by atoms with Crippen LogP contribution in [0.15, 0.2) is 91.0 Å². The number of hydrogen-bond donors (Lipinski definition) is 0. The normalized spacial score (nSPS) is 12.7. The van der Waals surface area contributed by atoms with Crippen LogP contribution in [0.4, 0.5) is 0 Å². The lowest BCUT2D eigenvalue weighted by atomic mass is 10.1. The average Bonchev–Trinajstić information content (AvgIpc) is 2.67. The van der Waals surface area contributed by atoms with Gasteiger partial charge in [-0.1, -0.05) is 78.9 Å². The Bertz CT molecular complexity index is 786. The summed E-state index contributed by atoms with van der Waals surface area (Å²) in [7, 11) is 0. The Morgan fingerprint density at radius 1 is 0.800 bits per heavy atom. The van der Waals surface area contributed by atoms with Gasteiger partial charge in [0.05, 0.1) is 6.61 Å². The molecule has 0 aliphatic carbocycles. The van der Waals surface area contributed by atoms with Gasteiger partial charge in [0.15, 0.2) is 6.21 Å². The summed E-state index contributed by atoms with van der Waals surface area (Å²) in [4.78, 5) is 0. The number of benzene rings is 3. The zero-order chi connectivity index (χ0) is 17.3. The van der Waals surface area contributed by atoms with E-state index in [1.165, 1.54) is 0 Å². The van der Waals surface area contributed by atoms with E-state index in [1.54, 1.807) is 6.21 Å². The van der Waals surface area contributed by atoms with Crippen molar-refractivity contribution in [1.82, 2.24) is 0 Å². The maximum absolute atomic E-state index is 12.7. The van der Waals surface area contributed by atoms with E-state index in [-0.39, 0.29) is 6.04 Å². The summed E-state index contributed by atoms with van der Waals surface area (Å²) in [6.07, 6.45) is 1.61. The van der Waals surface area contributed by atoms with Gasteiger partial charge >= 0.3 is 0 Å². The summed E-state index contributed by atoms with van der Waals surface area (Å²) >= 11 is 0. The van der Waals surface area contributed by atoms with Gasteiger partial charge in [0.1, 0.15) is 6.61 Å². The molecule has 3 aromatic rings. The van der Waals surface area contributed by atoms with Crippen LogP contribution in [0.5, 0.6) is 0 Å². The quantitative estimate of drug-likeness (QED) is 0.275. The molecule has 0 heterocycles. The molecule has 3 heteroatoms. The van der Waals surface area contributed by atoms with Crippen molar-refractivity contribution in [1.29, 1.82) is 0 Å². The van der Waals surface area contributed by atoms with Crippen molar-refractivity contribution in [2.75, 3.05) is 6.61 Å². The maximum atomic E-state index is 12.7. The molecule has 0 aliphatic heterocycles. The van der Waals surface area contributed by atoms with E-state index in [0.717, 1.165) is 21.4 Å². The number of nitrogens with zero attached hydrogens (tertiary/aromatic N) is 1. The van der Waals surface area contributed by atoms with Crippen LogP contribution in [0.3, 0.4) is 0 Å². The van der Waals surface area contributed by atoms with Crippen molar-refractivity contribution in [3.05, 3.63) is 113 Å². The van der Waals surface area contributed by atoms with E-state index in [9.17, 15) is 5.21 Å². The molecular weight excluding hydrogens is 310 g/mol. The van der Waals surface area contributed by atoms with Crippen LogP contribution in [0.2, 0.25) is 0 Å². The Balaban J connectivity index is 1.74. The lowest BCUT2D eigenvalue weighted by Gasteiger charge is -2.18. The SMILES string of the molecule is [O-]/[N+](=C\c1ccccc1)[C@@H](COCc1ccccc1)c1ccccc1. The van der Waals surface area contributed by atoms with Gasteiger partial charge in [-0.3, -0.25) is 0 Å². The van der Waals surface area contributed by atoms with Gasteiger partial charge in [0.25, 0.3) is 0 Å². The van der Waals surface area contributed by atoms with Gasteiger partial charge in [0, 0.05) is 11.1 Å². The highest BCUT2D eigenvalue weighted by atomic mass is 16.5. The average molecular weight is 331 g/mol. The van der Waals surface area contributed by atoms with Gasteiger partial charge in [0.2, 0.25) is 6.04 Å². The summed E-state index contributed by atoms with van der Waals surface area (Å²) in [5.41, 5.74) is 2.91. The lowest BCUT2D eigenvalue weighted by Crippen LogP contribution is -2.20. The Kier molecular flexibility index (Phi) is 5.96. The standard InChI is InChI=1S/C22H21NO2/c24-23(16-19-10-4-1-5-11-19)22(21-14-8-3-9-15-21)18-25-17-20-12-6-2-7-13-20/h1-16,22H,17-18H2/b23-16-/t22-/m0/s1. The number of hydroxylamine groups is 1. The highest BCUT2D eigenvalue weighted by Crippen LogP contribution is 2.18. The molecule has 0 bridgehead atoms. The fraction of sp³-hybridized carbons (Fsp3) is 0.136. The molecule has 0 unspecified atom stereocenters. The molecule has 0 fully saturated rings. The van der Waals surface area contributed by atoms with Gasteiger partial charge in [-0.25, -0.2) is 4.74 Å². The van der Waals surface area contributed by atoms with E-state index in [2.05, 4.69) is 0 Å². The lowest BCUT2D eigenvalue weighted by molar-refractivity contribution is -0.508. The van der Waals surface area contributed by atoms with Crippen molar-refractivity contribution >= 4 is 6.21 Å². The van der Waals surface area contributed by atoms with Crippen LogP contribution in [0.1, 0.15) is 22.7 Å². The Morgan fingerprint density at radius 3 is 2.00 bits per heavy atom. The van der Waals surface area contributed by atoms with E-state index in [4.69, 9.17) is 4.74 Å². The first kappa shape index (κ1) is 16.9. The molecule has 126 valence electrons. The van der Waals surface area contributed by atoms with Crippen LogP contribution >= 0.6 is 0 Å². The summed E-state index contributed by atoms with van der Waals surface area (Å²) in [6.45, 7) is 0.815. The van der Waals surface area contributed by atoms with Crippen LogP contribution in [0.25, 0.3) is 0 Å². The van der Waals surface area contributed by atoms with Gasteiger partial charge in [-0.2, -0.15) is 0 Å². The fourth-order valence-electron chi connectivity index (χ4n) is 2.63. The fourth-order valence-corrected chi connectivity index (χ4v) is 2.63. The van der Waals surface area contributed by atoms with E-state index in [0.29, 0.717) is 13.2 Å². The molecule has 0 saturated carbocycles. The predicted molar refractivity (Wildman–Crippen MR) is 101 cm³/mol. The highest BCUT2D eigenvalue weighted by molar-refractivity contribution is 5.75. The third kappa shape index (κ3) is 5.03. The van der Waals surface area contributed by atoms with Crippen LogP contribution in [-0.2, 0) is 11.3 Å². The summed E-state index contributed by atoms with van der Waals surface area (Å²) in [5, 5.41) is 12.7. The minimum absolute atomic E-state index is 0.325. The van der Waals surface area contributed by atoms with E-state index < -0.39 is 0 Å². The monoisotopic (exact) mass is 331 g/mol. The van der Waals surface area contributed by atoms with Gasteiger partial charge < -0.3 is 9.94 Å². The molecule has 0 amide bonds. The molecular formula is C22H21NO2. The largest absolute Gasteiger partial charge is 0.623 e. The van der Waals surface area contributed by atoms with Crippen molar-refractivity contribution in [2.24, 2.45) is 0 Å². The molecule has 0 spiro atoms. The van der Waals surface area contributed by atoms with Crippen LogP contribution in [0, 0.1) is 5.21 Å². The highest BCUT2D eigenvalue weighted by Gasteiger charge is 2.19. The third-order valence-electron chi connectivity index (χ3n) is 3.95. The van der Waals surface area contributed by atoms with Crippen molar-refractivity contribution in [3.8, 4) is 0 Å². The van der Waals surface area contributed by atoms with Crippen molar-refractivity contribution < 1.29 is 9.48 Å². The number of hydrogen-bond acceptors (Lipinski definition) is 2. The first-order valence-electron chi connectivity index (χ1n) is 8.35. The van der Waals surface area contributed by atoms with Crippen LogP contribution < -0.4 is 0 Å². The zero-order valence-electron chi connectivity index (χ0n) is 14.0. The third-order valence-corrected chi connectivity index (χ3v) is 3.95. The van der Waals surface area contributed by atoms with Crippen molar-refractivity contribution in [3.63, 3.8) is 0 Å². The zero-order valence-corrected chi connectivity index (χ0v) is 14.0. The van der Waals surface area contributed by atoms with E-state index >= 15 is 0 Å². The Labute approximate surface area is 148 Å². The van der Waals surface area contributed by atoms with Gasteiger partial charge in [-0.05, 0) is 17.7 Å². The molecule has 3 nitrogen and oxygen atoms in total. The van der Waals surface area contributed by atoms with E-state index in [1.807, 2.05) is 91.0 Å². The molecule has 3 aromatic carbocycles. The minimum Gasteiger partial charge on any atom is -0.623 e.